The second-order valence-electron chi connectivity index (χ2n) is 6.99. The first-order chi connectivity index (χ1) is 8.63. The molecule has 0 amide bonds. The van der Waals surface area contributed by atoms with E-state index in [9.17, 15) is 4.79 Å². The molecule has 3 heteroatoms. The van der Waals surface area contributed by atoms with Crippen LogP contribution in [0.1, 0.15) is 40.2 Å². The number of aromatic nitrogens is 1. The molecule has 0 saturated heterocycles. The molecule has 0 atom stereocenters. The van der Waals surface area contributed by atoms with Crippen LogP contribution in [0.3, 0.4) is 0 Å². The number of hydrogen-bond acceptors (Lipinski definition) is 2. The summed E-state index contributed by atoms with van der Waals surface area (Å²) in [5.74, 6) is 0.884. The number of aryl methyl sites for hydroxylation is 1. The molecule has 1 aliphatic rings. The SMILES string of the molecule is Cn1ccc(C2=C(C(C)(C)C)C(C)(C)CO2)cc1=O. The molecule has 0 saturated carbocycles. The number of nitrogens with zero attached hydrogens (tertiary/aromatic N) is 1. The summed E-state index contributed by atoms with van der Waals surface area (Å²) in [5.41, 5.74) is 2.20. The van der Waals surface area contributed by atoms with Gasteiger partial charge in [0.1, 0.15) is 5.76 Å². The number of ether oxygens (including phenoxy) is 1. The van der Waals surface area contributed by atoms with E-state index < -0.39 is 0 Å². The Morgan fingerprint density at radius 3 is 2.47 bits per heavy atom. The largest absolute Gasteiger partial charge is 0.492 e. The Bertz CT molecular complexity index is 586. The molecule has 104 valence electrons. The highest BCUT2D eigenvalue weighted by Crippen LogP contribution is 2.49. The third kappa shape index (κ3) is 2.46. The van der Waals surface area contributed by atoms with Gasteiger partial charge in [0, 0.05) is 30.3 Å². The van der Waals surface area contributed by atoms with Gasteiger partial charge in [-0.1, -0.05) is 34.6 Å². The van der Waals surface area contributed by atoms with E-state index in [4.69, 9.17) is 4.74 Å². The van der Waals surface area contributed by atoms with E-state index in [1.54, 1.807) is 23.9 Å². The molecule has 1 aromatic rings. The molecule has 0 bridgehead atoms. The Morgan fingerprint density at radius 1 is 1.32 bits per heavy atom. The molecule has 0 N–H and O–H groups in total. The fourth-order valence-electron chi connectivity index (χ4n) is 2.98. The zero-order valence-electron chi connectivity index (χ0n) is 12.7. The van der Waals surface area contributed by atoms with Crippen LogP contribution in [0.25, 0.3) is 5.76 Å². The van der Waals surface area contributed by atoms with Crippen LogP contribution in [-0.2, 0) is 11.8 Å². The first kappa shape index (κ1) is 13.9. The van der Waals surface area contributed by atoms with Crippen molar-refractivity contribution in [1.82, 2.24) is 4.57 Å². The maximum absolute atomic E-state index is 11.8. The Labute approximate surface area is 114 Å². The molecule has 3 nitrogen and oxygen atoms in total. The van der Waals surface area contributed by atoms with Crippen molar-refractivity contribution in [2.75, 3.05) is 6.61 Å². The molecule has 0 aliphatic carbocycles. The minimum absolute atomic E-state index is 0.00781. The highest BCUT2D eigenvalue weighted by molar-refractivity contribution is 5.67. The fraction of sp³-hybridized carbons (Fsp3) is 0.562. The van der Waals surface area contributed by atoms with Crippen LogP contribution in [0.15, 0.2) is 28.7 Å². The summed E-state index contributed by atoms with van der Waals surface area (Å²) in [6, 6.07) is 3.60. The second-order valence-corrected chi connectivity index (χ2v) is 6.99. The molecule has 0 fully saturated rings. The quantitative estimate of drug-likeness (QED) is 0.777. The van der Waals surface area contributed by atoms with Crippen molar-refractivity contribution < 1.29 is 4.74 Å². The zero-order valence-corrected chi connectivity index (χ0v) is 12.7. The third-order valence-electron chi connectivity index (χ3n) is 3.60. The van der Waals surface area contributed by atoms with Crippen LogP contribution in [0.4, 0.5) is 0 Å². The monoisotopic (exact) mass is 261 g/mol. The second kappa shape index (κ2) is 4.26. The zero-order chi connectivity index (χ0) is 14.4. The van der Waals surface area contributed by atoms with E-state index in [1.165, 1.54) is 5.57 Å². The maximum Gasteiger partial charge on any atom is 0.250 e. The van der Waals surface area contributed by atoms with Gasteiger partial charge in [-0.25, -0.2) is 0 Å². The van der Waals surface area contributed by atoms with Gasteiger partial charge in [-0.15, -0.1) is 0 Å². The molecular weight excluding hydrogens is 238 g/mol. The lowest BCUT2D eigenvalue weighted by molar-refractivity contribution is 0.213. The average molecular weight is 261 g/mol. The highest BCUT2D eigenvalue weighted by Gasteiger charge is 2.41. The summed E-state index contributed by atoms with van der Waals surface area (Å²) in [5, 5.41) is 0. The Hall–Kier alpha value is -1.51. The molecule has 2 heterocycles. The van der Waals surface area contributed by atoms with Gasteiger partial charge in [0.05, 0.1) is 6.61 Å². The smallest absolute Gasteiger partial charge is 0.250 e. The van der Waals surface area contributed by atoms with E-state index in [1.807, 2.05) is 6.07 Å². The average Bonchev–Trinajstić information content (AvgIpc) is 2.58. The molecule has 0 radical (unpaired) electrons. The van der Waals surface area contributed by atoms with E-state index in [0.717, 1.165) is 11.3 Å². The number of pyridine rings is 1. The summed E-state index contributed by atoms with van der Waals surface area (Å²) in [6.45, 7) is 11.6. The lowest BCUT2D eigenvalue weighted by atomic mass is 9.71. The molecule has 19 heavy (non-hydrogen) atoms. The van der Waals surface area contributed by atoms with Crippen molar-refractivity contribution in [3.8, 4) is 0 Å². The summed E-state index contributed by atoms with van der Waals surface area (Å²) in [4.78, 5) is 11.8. The standard InChI is InChI=1S/C16H23NO2/c1-15(2,3)14-13(19-10-16(14,4)5)11-7-8-17(6)12(18)9-11/h7-9H,10H2,1-6H3. The summed E-state index contributed by atoms with van der Waals surface area (Å²) < 4.78 is 7.49. The highest BCUT2D eigenvalue weighted by atomic mass is 16.5. The van der Waals surface area contributed by atoms with Crippen LogP contribution in [0.2, 0.25) is 0 Å². The normalized spacial score (nSPS) is 18.6. The minimum atomic E-state index is -0.00781. The van der Waals surface area contributed by atoms with E-state index in [0.29, 0.717) is 6.61 Å². The first-order valence-corrected chi connectivity index (χ1v) is 6.68. The van der Waals surface area contributed by atoms with Crippen LogP contribution in [0, 0.1) is 10.8 Å². The predicted molar refractivity (Wildman–Crippen MR) is 77.8 cm³/mol. The fourth-order valence-corrected chi connectivity index (χ4v) is 2.98. The molecule has 1 aliphatic heterocycles. The van der Waals surface area contributed by atoms with Gasteiger partial charge in [0.2, 0.25) is 0 Å². The van der Waals surface area contributed by atoms with Crippen LogP contribution >= 0.6 is 0 Å². The van der Waals surface area contributed by atoms with Crippen molar-refractivity contribution in [2.24, 2.45) is 17.9 Å². The topological polar surface area (TPSA) is 31.2 Å². The third-order valence-corrected chi connectivity index (χ3v) is 3.60. The van der Waals surface area contributed by atoms with Gasteiger partial charge in [-0.2, -0.15) is 0 Å². The van der Waals surface area contributed by atoms with Crippen molar-refractivity contribution >= 4 is 5.76 Å². The summed E-state index contributed by atoms with van der Waals surface area (Å²) in [7, 11) is 1.75. The van der Waals surface area contributed by atoms with E-state index in [2.05, 4.69) is 34.6 Å². The van der Waals surface area contributed by atoms with Gasteiger partial charge in [-0.05, 0) is 17.1 Å². The van der Waals surface area contributed by atoms with Gasteiger partial charge in [0.15, 0.2) is 0 Å². The van der Waals surface area contributed by atoms with Gasteiger partial charge in [0.25, 0.3) is 5.56 Å². The van der Waals surface area contributed by atoms with Crippen molar-refractivity contribution in [2.45, 2.75) is 34.6 Å². The summed E-state index contributed by atoms with van der Waals surface area (Å²) >= 11 is 0. The molecule has 1 aromatic heterocycles. The minimum Gasteiger partial charge on any atom is -0.492 e. The number of hydrogen-bond donors (Lipinski definition) is 0. The van der Waals surface area contributed by atoms with Crippen LogP contribution in [0.5, 0.6) is 0 Å². The molecule has 0 spiro atoms. The number of rotatable bonds is 1. The molecule has 2 rings (SSSR count). The van der Waals surface area contributed by atoms with Crippen molar-refractivity contribution in [1.29, 1.82) is 0 Å². The van der Waals surface area contributed by atoms with Crippen LogP contribution in [-0.4, -0.2) is 11.2 Å². The van der Waals surface area contributed by atoms with E-state index in [-0.39, 0.29) is 16.4 Å². The first-order valence-electron chi connectivity index (χ1n) is 6.68. The molecule has 0 unspecified atom stereocenters. The lowest BCUT2D eigenvalue weighted by Crippen LogP contribution is -2.24. The Kier molecular flexibility index (Phi) is 3.12. The van der Waals surface area contributed by atoms with Gasteiger partial charge in [-0.3, -0.25) is 4.79 Å². The van der Waals surface area contributed by atoms with Crippen molar-refractivity contribution in [3.63, 3.8) is 0 Å². The predicted octanol–water partition coefficient (Wildman–Crippen LogP) is 3.20. The van der Waals surface area contributed by atoms with Gasteiger partial charge >= 0.3 is 0 Å². The maximum atomic E-state index is 11.8. The Balaban J connectivity index is 2.64. The van der Waals surface area contributed by atoms with E-state index >= 15 is 0 Å². The van der Waals surface area contributed by atoms with Crippen LogP contribution < -0.4 is 5.56 Å². The molecular formula is C16H23NO2. The van der Waals surface area contributed by atoms with Gasteiger partial charge < -0.3 is 9.30 Å². The molecule has 0 aromatic carbocycles. The van der Waals surface area contributed by atoms with Crippen molar-refractivity contribution in [3.05, 3.63) is 39.8 Å². The Morgan fingerprint density at radius 2 is 1.95 bits per heavy atom. The summed E-state index contributed by atoms with van der Waals surface area (Å²) in [6.07, 6.45) is 1.79. The lowest BCUT2D eigenvalue weighted by Gasteiger charge is -2.30.